The molecule has 2 aromatic rings. The summed E-state index contributed by atoms with van der Waals surface area (Å²) < 4.78 is 10.7. The third-order valence-corrected chi connectivity index (χ3v) is 4.42. The van der Waals surface area contributed by atoms with Crippen molar-refractivity contribution in [1.29, 1.82) is 0 Å². The Morgan fingerprint density at radius 1 is 1.04 bits per heavy atom. The molecule has 0 saturated carbocycles. The summed E-state index contributed by atoms with van der Waals surface area (Å²) in [5, 5.41) is 5.62. The smallest absolute Gasteiger partial charge is 0.338 e. The molecule has 0 saturated heterocycles. The van der Waals surface area contributed by atoms with Crippen LogP contribution in [0, 0.1) is 6.92 Å². The summed E-state index contributed by atoms with van der Waals surface area (Å²) in [7, 11) is 1.58. The van der Waals surface area contributed by atoms with Gasteiger partial charge in [-0.25, -0.2) is 9.59 Å². The second kappa shape index (κ2) is 8.17. The maximum absolute atomic E-state index is 13.0. The van der Waals surface area contributed by atoms with Crippen LogP contribution < -0.4 is 15.4 Å². The van der Waals surface area contributed by atoms with Crippen LogP contribution in [0.25, 0.3) is 5.70 Å². The molecule has 6 nitrogen and oxygen atoms in total. The lowest BCUT2D eigenvalue weighted by Crippen LogP contribution is -2.45. The lowest BCUT2D eigenvalue weighted by molar-refractivity contribution is -0.143. The van der Waals surface area contributed by atoms with Crippen molar-refractivity contribution in [2.45, 2.75) is 32.9 Å². The molecule has 0 aromatic heterocycles. The third kappa shape index (κ3) is 4.17. The SMILES string of the molecule is COc1ccc(C2=C(C(=O)OC(C)C)C(c3ccc(C)cc3)NC(=O)N2)cc1. The number of ether oxygens (including phenoxy) is 2. The average molecular weight is 380 g/mol. The fraction of sp³-hybridized carbons (Fsp3) is 0.273. The highest BCUT2D eigenvalue weighted by atomic mass is 16.5. The molecular formula is C22H24N2O4. The van der Waals surface area contributed by atoms with Gasteiger partial charge >= 0.3 is 12.0 Å². The van der Waals surface area contributed by atoms with Gasteiger partial charge in [0, 0.05) is 0 Å². The first-order valence-corrected chi connectivity index (χ1v) is 9.12. The lowest BCUT2D eigenvalue weighted by Gasteiger charge is -2.30. The minimum atomic E-state index is -0.613. The Morgan fingerprint density at radius 2 is 1.68 bits per heavy atom. The van der Waals surface area contributed by atoms with Gasteiger partial charge in [-0.15, -0.1) is 0 Å². The second-order valence-electron chi connectivity index (χ2n) is 6.91. The lowest BCUT2D eigenvalue weighted by atomic mass is 9.92. The molecule has 1 heterocycles. The predicted octanol–water partition coefficient (Wildman–Crippen LogP) is 3.72. The second-order valence-corrected chi connectivity index (χ2v) is 6.91. The van der Waals surface area contributed by atoms with E-state index in [9.17, 15) is 9.59 Å². The van der Waals surface area contributed by atoms with Crippen LogP contribution >= 0.6 is 0 Å². The van der Waals surface area contributed by atoms with Crippen LogP contribution in [0.3, 0.4) is 0 Å². The molecule has 146 valence electrons. The number of rotatable bonds is 5. The van der Waals surface area contributed by atoms with Crippen molar-refractivity contribution in [2.75, 3.05) is 7.11 Å². The van der Waals surface area contributed by atoms with E-state index in [-0.39, 0.29) is 12.1 Å². The van der Waals surface area contributed by atoms with E-state index in [1.807, 2.05) is 31.2 Å². The van der Waals surface area contributed by atoms with Crippen molar-refractivity contribution >= 4 is 17.7 Å². The van der Waals surface area contributed by atoms with Gasteiger partial charge in [0.25, 0.3) is 0 Å². The van der Waals surface area contributed by atoms with Gasteiger partial charge in [-0.3, -0.25) is 0 Å². The fourth-order valence-electron chi connectivity index (χ4n) is 3.06. The molecule has 2 amide bonds. The highest BCUT2D eigenvalue weighted by molar-refractivity contribution is 6.04. The van der Waals surface area contributed by atoms with Crippen LogP contribution in [0.4, 0.5) is 4.79 Å². The third-order valence-electron chi connectivity index (χ3n) is 4.42. The number of benzene rings is 2. The Balaban J connectivity index is 2.15. The van der Waals surface area contributed by atoms with Gasteiger partial charge in [0.1, 0.15) is 5.75 Å². The zero-order valence-corrected chi connectivity index (χ0v) is 16.4. The highest BCUT2D eigenvalue weighted by Gasteiger charge is 2.34. The number of aryl methyl sites for hydroxylation is 1. The molecule has 0 fully saturated rings. The van der Waals surface area contributed by atoms with Crippen molar-refractivity contribution in [2.24, 2.45) is 0 Å². The first-order chi connectivity index (χ1) is 13.4. The summed E-state index contributed by atoms with van der Waals surface area (Å²) in [6, 6.07) is 13.9. The fourth-order valence-corrected chi connectivity index (χ4v) is 3.06. The van der Waals surface area contributed by atoms with Crippen molar-refractivity contribution in [3.63, 3.8) is 0 Å². The van der Waals surface area contributed by atoms with Crippen LogP contribution in [0.2, 0.25) is 0 Å². The summed E-state index contributed by atoms with van der Waals surface area (Å²) in [5.41, 5.74) is 3.39. The number of methoxy groups -OCH3 is 1. The quantitative estimate of drug-likeness (QED) is 0.775. The summed E-state index contributed by atoms with van der Waals surface area (Å²) in [5.74, 6) is 0.213. The molecule has 3 rings (SSSR count). The Morgan fingerprint density at radius 3 is 2.25 bits per heavy atom. The average Bonchev–Trinajstić information content (AvgIpc) is 2.67. The molecule has 0 aliphatic carbocycles. The number of amides is 2. The van der Waals surface area contributed by atoms with Gasteiger partial charge in [0.15, 0.2) is 0 Å². The van der Waals surface area contributed by atoms with E-state index in [1.165, 1.54) is 0 Å². The summed E-state index contributed by atoms with van der Waals surface area (Å²) in [6.45, 7) is 5.57. The zero-order chi connectivity index (χ0) is 20.3. The number of hydrogen-bond acceptors (Lipinski definition) is 4. The predicted molar refractivity (Wildman–Crippen MR) is 107 cm³/mol. The molecule has 6 heteroatoms. The molecule has 1 aliphatic heterocycles. The van der Waals surface area contributed by atoms with E-state index in [4.69, 9.17) is 9.47 Å². The first-order valence-electron chi connectivity index (χ1n) is 9.12. The Kier molecular flexibility index (Phi) is 5.68. The summed E-state index contributed by atoms with van der Waals surface area (Å²) in [6.07, 6.45) is -0.284. The van der Waals surface area contributed by atoms with Crippen molar-refractivity contribution < 1.29 is 19.1 Å². The number of carbonyl (C=O) groups excluding carboxylic acids is 2. The molecule has 1 atom stereocenters. The molecule has 28 heavy (non-hydrogen) atoms. The molecule has 0 bridgehead atoms. The van der Waals surface area contributed by atoms with Crippen molar-refractivity contribution in [3.05, 3.63) is 70.8 Å². The van der Waals surface area contributed by atoms with Crippen LogP contribution in [0.15, 0.2) is 54.1 Å². The van der Waals surface area contributed by atoms with E-state index in [1.54, 1.807) is 45.2 Å². The molecular weight excluding hydrogens is 356 g/mol. The van der Waals surface area contributed by atoms with Crippen LogP contribution in [0.1, 0.15) is 36.6 Å². The zero-order valence-electron chi connectivity index (χ0n) is 16.4. The Hall–Kier alpha value is -3.28. The van der Waals surface area contributed by atoms with Crippen LogP contribution in [-0.4, -0.2) is 25.2 Å². The van der Waals surface area contributed by atoms with Gasteiger partial charge in [-0.2, -0.15) is 0 Å². The maximum atomic E-state index is 13.0. The van der Waals surface area contributed by atoms with Gasteiger partial charge in [0.05, 0.1) is 30.5 Å². The number of urea groups is 1. The summed E-state index contributed by atoms with van der Waals surface area (Å²) in [4.78, 5) is 25.4. The van der Waals surface area contributed by atoms with E-state index in [0.717, 1.165) is 11.1 Å². The molecule has 1 unspecified atom stereocenters. The molecule has 0 spiro atoms. The first kappa shape index (κ1) is 19.5. The number of nitrogens with one attached hydrogen (secondary N) is 2. The number of esters is 1. The number of hydrogen-bond donors (Lipinski definition) is 2. The van der Waals surface area contributed by atoms with E-state index in [2.05, 4.69) is 10.6 Å². The van der Waals surface area contributed by atoms with Crippen LogP contribution in [-0.2, 0) is 9.53 Å². The minimum Gasteiger partial charge on any atom is -0.497 e. The van der Waals surface area contributed by atoms with Gasteiger partial charge in [-0.1, -0.05) is 29.8 Å². The highest BCUT2D eigenvalue weighted by Crippen LogP contribution is 2.32. The normalized spacial score (nSPS) is 16.5. The molecule has 0 radical (unpaired) electrons. The van der Waals surface area contributed by atoms with E-state index in [0.29, 0.717) is 22.6 Å². The topological polar surface area (TPSA) is 76.7 Å². The molecule has 2 aromatic carbocycles. The Bertz CT molecular complexity index is 899. The van der Waals surface area contributed by atoms with Crippen molar-refractivity contribution in [3.8, 4) is 5.75 Å². The maximum Gasteiger partial charge on any atom is 0.338 e. The van der Waals surface area contributed by atoms with Crippen molar-refractivity contribution in [1.82, 2.24) is 10.6 Å². The van der Waals surface area contributed by atoms with Crippen LogP contribution in [0.5, 0.6) is 5.75 Å². The van der Waals surface area contributed by atoms with E-state index < -0.39 is 12.0 Å². The summed E-state index contributed by atoms with van der Waals surface area (Å²) >= 11 is 0. The molecule has 1 aliphatic rings. The van der Waals surface area contributed by atoms with Gasteiger partial charge < -0.3 is 20.1 Å². The number of carbonyl (C=O) groups is 2. The van der Waals surface area contributed by atoms with Gasteiger partial charge in [-0.05, 0) is 56.2 Å². The molecule has 2 N–H and O–H groups in total. The largest absolute Gasteiger partial charge is 0.497 e. The van der Waals surface area contributed by atoms with E-state index >= 15 is 0 Å². The van der Waals surface area contributed by atoms with Gasteiger partial charge in [0.2, 0.25) is 0 Å². The standard InChI is InChI=1S/C22H24N2O4/c1-13(2)28-21(25)18-19(15-7-5-14(3)6-8-15)23-22(26)24-20(18)16-9-11-17(27-4)12-10-16/h5-13,19H,1-4H3,(H2,23,24,26). The monoisotopic (exact) mass is 380 g/mol. The Labute approximate surface area is 164 Å². The minimum absolute atomic E-state index is 0.284.